The molecule has 0 aromatic heterocycles. The van der Waals surface area contributed by atoms with E-state index in [1.165, 1.54) is 0 Å². The van der Waals surface area contributed by atoms with E-state index in [9.17, 15) is 9.59 Å². The smallest absolute Gasteiger partial charge is 0.134 e. The lowest BCUT2D eigenvalue weighted by molar-refractivity contribution is -0.116. The molecule has 0 amide bonds. The zero-order valence-corrected chi connectivity index (χ0v) is 10.3. The Morgan fingerprint density at radius 2 is 1.71 bits per heavy atom. The van der Waals surface area contributed by atoms with Crippen molar-refractivity contribution in [3.63, 3.8) is 0 Å². The van der Waals surface area contributed by atoms with E-state index in [0.717, 1.165) is 12.2 Å². The highest BCUT2D eigenvalue weighted by molar-refractivity contribution is 5.84. The van der Waals surface area contributed by atoms with Gasteiger partial charge in [0.1, 0.15) is 18.3 Å². The summed E-state index contributed by atoms with van der Waals surface area (Å²) in [7, 11) is 0. The van der Waals surface area contributed by atoms with Crippen LogP contribution in [-0.4, -0.2) is 19.2 Å². The van der Waals surface area contributed by atoms with Crippen molar-refractivity contribution in [1.29, 1.82) is 0 Å². The maximum Gasteiger partial charge on any atom is 0.134 e. The number of hydrogen-bond donors (Lipinski definition) is 0. The van der Waals surface area contributed by atoms with Gasteiger partial charge in [0.15, 0.2) is 0 Å². The van der Waals surface area contributed by atoms with Crippen LogP contribution >= 0.6 is 0 Å². The number of rotatable bonds is 7. The first-order valence-corrected chi connectivity index (χ1v) is 5.80. The molecule has 1 aromatic carbocycles. The summed E-state index contributed by atoms with van der Waals surface area (Å²) in [6, 6.07) is 7.07. The third-order valence-corrected chi connectivity index (χ3v) is 2.52. The summed E-state index contributed by atoms with van der Waals surface area (Å²) in [5, 5.41) is 0. The molecule has 0 atom stereocenters. The molecular weight excluding hydrogens is 216 g/mol. The molecule has 0 saturated heterocycles. The molecule has 0 aliphatic carbocycles. The van der Waals surface area contributed by atoms with Crippen LogP contribution in [0.1, 0.15) is 31.7 Å². The molecule has 0 fully saturated rings. The number of carbonyl (C=O) groups is 2. The summed E-state index contributed by atoms with van der Waals surface area (Å²) in [5.41, 5.74) is 0.700. The monoisotopic (exact) mass is 234 g/mol. The Morgan fingerprint density at radius 1 is 1.12 bits per heavy atom. The van der Waals surface area contributed by atoms with Gasteiger partial charge in [-0.1, -0.05) is 26.0 Å². The molecule has 0 aliphatic heterocycles. The number of aldehydes is 2. The largest absolute Gasteiger partial charge is 0.494 e. The molecule has 1 aromatic rings. The van der Waals surface area contributed by atoms with Crippen LogP contribution in [0, 0.1) is 5.92 Å². The van der Waals surface area contributed by atoms with Gasteiger partial charge in [0.25, 0.3) is 0 Å². The highest BCUT2D eigenvalue weighted by atomic mass is 16.5. The predicted octanol–water partition coefficient (Wildman–Crippen LogP) is 2.59. The Morgan fingerprint density at radius 3 is 2.18 bits per heavy atom. The van der Waals surface area contributed by atoms with Gasteiger partial charge in [0.05, 0.1) is 12.5 Å². The molecule has 3 nitrogen and oxygen atoms in total. The molecule has 0 bridgehead atoms. The van der Waals surface area contributed by atoms with Gasteiger partial charge in [-0.05, 0) is 30.0 Å². The van der Waals surface area contributed by atoms with Crippen molar-refractivity contribution in [2.75, 3.05) is 6.61 Å². The van der Waals surface area contributed by atoms with Gasteiger partial charge in [0, 0.05) is 0 Å². The Bertz CT molecular complexity index is 346. The predicted molar refractivity (Wildman–Crippen MR) is 66.3 cm³/mol. The van der Waals surface area contributed by atoms with E-state index in [4.69, 9.17) is 4.74 Å². The molecule has 17 heavy (non-hydrogen) atoms. The van der Waals surface area contributed by atoms with Crippen LogP contribution in [0.15, 0.2) is 24.3 Å². The average Bonchev–Trinajstić information content (AvgIpc) is 2.32. The van der Waals surface area contributed by atoms with Gasteiger partial charge in [0.2, 0.25) is 0 Å². The SMILES string of the molecule is CC(C)CCOc1ccc(C(C=O)C=O)cc1. The minimum absolute atomic E-state index is 0.615. The van der Waals surface area contributed by atoms with E-state index in [-0.39, 0.29) is 0 Å². The van der Waals surface area contributed by atoms with Crippen LogP contribution in [0.2, 0.25) is 0 Å². The summed E-state index contributed by atoms with van der Waals surface area (Å²) in [6.07, 6.45) is 2.29. The number of hydrogen-bond acceptors (Lipinski definition) is 3. The molecule has 0 spiro atoms. The Hall–Kier alpha value is -1.64. The zero-order valence-electron chi connectivity index (χ0n) is 10.3. The zero-order chi connectivity index (χ0) is 12.7. The third-order valence-electron chi connectivity index (χ3n) is 2.52. The Labute approximate surface area is 102 Å². The lowest BCUT2D eigenvalue weighted by Gasteiger charge is -2.09. The van der Waals surface area contributed by atoms with E-state index in [1.807, 2.05) is 0 Å². The Balaban J connectivity index is 2.55. The maximum atomic E-state index is 10.6. The molecule has 3 heteroatoms. The lowest BCUT2D eigenvalue weighted by Crippen LogP contribution is -2.03. The van der Waals surface area contributed by atoms with Crippen LogP contribution in [0.3, 0.4) is 0 Å². The summed E-state index contributed by atoms with van der Waals surface area (Å²) in [6.45, 7) is 4.97. The number of carbonyl (C=O) groups excluding carboxylic acids is 2. The van der Waals surface area contributed by atoms with Gasteiger partial charge in [-0.2, -0.15) is 0 Å². The second-order valence-corrected chi connectivity index (χ2v) is 4.40. The normalized spacial score (nSPS) is 10.6. The van der Waals surface area contributed by atoms with E-state index >= 15 is 0 Å². The molecule has 92 valence electrons. The van der Waals surface area contributed by atoms with Crippen molar-refractivity contribution >= 4 is 12.6 Å². The summed E-state index contributed by atoms with van der Waals surface area (Å²) < 4.78 is 5.54. The van der Waals surface area contributed by atoms with Crippen molar-refractivity contribution in [3.8, 4) is 5.75 Å². The highest BCUT2D eigenvalue weighted by Crippen LogP contribution is 2.17. The number of ether oxygens (including phenoxy) is 1. The van der Waals surface area contributed by atoms with Crippen LogP contribution < -0.4 is 4.74 Å². The van der Waals surface area contributed by atoms with Gasteiger partial charge < -0.3 is 14.3 Å². The molecule has 0 radical (unpaired) electrons. The van der Waals surface area contributed by atoms with Crippen molar-refractivity contribution in [1.82, 2.24) is 0 Å². The van der Waals surface area contributed by atoms with E-state index in [1.54, 1.807) is 24.3 Å². The topological polar surface area (TPSA) is 43.4 Å². The van der Waals surface area contributed by atoms with Crippen LogP contribution in [0.5, 0.6) is 5.75 Å². The van der Waals surface area contributed by atoms with Crippen LogP contribution in [0.25, 0.3) is 0 Å². The van der Waals surface area contributed by atoms with E-state index in [2.05, 4.69) is 13.8 Å². The molecule has 0 heterocycles. The minimum Gasteiger partial charge on any atom is -0.494 e. The molecular formula is C14H18O3. The molecule has 0 unspecified atom stereocenters. The molecule has 0 saturated carbocycles. The molecule has 0 aliphatic rings. The quantitative estimate of drug-likeness (QED) is 0.538. The van der Waals surface area contributed by atoms with Gasteiger partial charge in [-0.25, -0.2) is 0 Å². The fraction of sp³-hybridized carbons (Fsp3) is 0.429. The average molecular weight is 234 g/mol. The van der Waals surface area contributed by atoms with Crippen molar-refractivity contribution in [2.24, 2.45) is 5.92 Å². The summed E-state index contributed by atoms with van der Waals surface area (Å²) in [5.74, 6) is 0.716. The third kappa shape index (κ3) is 4.39. The number of benzene rings is 1. The van der Waals surface area contributed by atoms with Crippen molar-refractivity contribution in [2.45, 2.75) is 26.2 Å². The minimum atomic E-state index is -0.667. The second-order valence-electron chi connectivity index (χ2n) is 4.40. The summed E-state index contributed by atoms with van der Waals surface area (Å²) in [4.78, 5) is 21.2. The van der Waals surface area contributed by atoms with E-state index < -0.39 is 5.92 Å². The second kappa shape index (κ2) is 6.84. The van der Waals surface area contributed by atoms with E-state index in [0.29, 0.717) is 30.7 Å². The molecule has 0 N–H and O–H groups in total. The van der Waals surface area contributed by atoms with Crippen molar-refractivity contribution in [3.05, 3.63) is 29.8 Å². The fourth-order valence-corrected chi connectivity index (χ4v) is 1.39. The van der Waals surface area contributed by atoms with Gasteiger partial charge >= 0.3 is 0 Å². The molecule has 1 rings (SSSR count). The fourth-order valence-electron chi connectivity index (χ4n) is 1.39. The van der Waals surface area contributed by atoms with Gasteiger partial charge in [-0.15, -0.1) is 0 Å². The first-order chi connectivity index (χ1) is 8.17. The van der Waals surface area contributed by atoms with Gasteiger partial charge in [-0.3, -0.25) is 0 Å². The lowest BCUT2D eigenvalue weighted by atomic mass is 10.0. The highest BCUT2D eigenvalue weighted by Gasteiger charge is 2.08. The van der Waals surface area contributed by atoms with Crippen LogP contribution in [0.4, 0.5) is 0 Å². The Kier molecular flexibility index (Phi) is 5.40. The standard InChI is InChI=1S/C14H18O3/c1-11(2)7-8-17-14-5-3-12(4-6-14)13(9-15)10-16/h3-6,9-11,13H,7-8H2,1-2H3. The van der Waals surface area contributed by atoms with Crippen LogP contribution in [-0.2, 0) is 9.59 Å². The first kappa shape index (κ1) is 13.4. The first-order valence-electron chi connectivity index (χ1n) is 5.80. The van der Waals surface area contributed by atoms with Crippen molar-refractivity contribution < 1.29 is 14.3 Å². The summed E-state index contributed by atoms with van der Waals surface area (Å²) >= 11 is 0. The maximum absolute atomic E-state index is 10.6.